The molecule has 1 saturated carbocycles. The van der Waals surface area contributed by atoms with E-state index in [9.17, 15) is 9.59 Å². The molecule has 2 aliphatic rings. The minimum atomic E-state index is -0.659. The second-order valence-electron chi connectivity index (χ2n) is 7.39. The van der Waals surface area contributed by atoms with E-state index in [1.165, 1.54) is 4.90 Å². The lowest BCUT2D eigenvalue weighted by molar-refractivity contribution is -0.133. The zero-order valence-electron chi connectivity index (χ0n) is 15.8. The van der Waals surface area contributed by atoms with Gasteiger partial charge in [-0.15, -0.1) is 0 Å². The van der Waals surface area contributed by atoms with Gasteiger partial charge < -0.3 is 10.1 Å². The van der Waals surface area contributed by atoms with Crippen LogP contribution in [0.15, 0.2) is 24.3 Å². The summed E-state index contributed by atoms with van der Waals surface area (Å²) in [5.74, 6) is 0.797. The van der Waals surface area contributed by atoms with Crippen LogP contribution in [0, 0.1) is 0 Å². The molecule has 1 aliphatic heterocycles. The number of carbonyl (C=O) groups is 2. The van der Waals surface area contributed by atoms with Gasteiger partial charge in [0.15, 0.2) is 0 Å². The van der Waals surface area contributed by atoms with Crippen molar-refractivity contribution in [1.29, 1.82) is 0 Å². The summed E-state index contributed by atoms with van der Waals surface area (Å²) in [4.78, 5) is 28.7. The van der Waals surface area contributed by atoms with Crippen LogP contribution in [-0.4, -0.2) is 47.6 Å². The van der Waals surface area contributed by atoms with E-state index in [4.69, 9.17) is 4.74 Å². The number of imide groups is 1. The van der Waals surface area contributed by atoms with Crippen molar-refractivity contribution >= 4 is 11.9 Å². The maximum Gasteiger partial charge on any atom is 0.326 e. The molecule has 0 atom stereocenters. The third-order valence-electron chi connectivity index (χ3n) is 5.27. The Morgan fingerprint density at radius 3 is 2.38 bits per heavy atom. The number of hydrogen-bond acceptors (Lipinski definition) is 4. The highest BCUT2D eigenvalue weighted by Crippen LogP contribution is 2.32. The SMILES string of the molecule is CCOc1ccc(CN(C)CN2C(=O)NC3(CCCCCC3)C2=O)cc1. The van der Waals surface area contributed by atoms with Crippen molar-refractivity contribution in [2.24, 2.45) is 0 Å². The first-order valence-electron chi connectivity index (χ1n) is 9.58. The summed E-state index contributed by atoms with van der Waals surface area (Å²) in [6.45, 7) is 3.57. The van der Waals surface area contributed by atoms with Crippen LogP contribution in [0.1, 0.15) is 51.0 Å². The van der Waals surface area contributed by atoms with Gasteiger partial charge in [0.05, 0.1) is 13.3 Å². The van der Waals surface area contributed by atoms with Crippen LogP contribution in [0.25, 0.3) is 0 Å². The Labute approximate surface area is 155 Å². The van der Waals surface area contributed by atoms with Crippen molar-refractivity contribution in [3.8, 4) is 5.75 Å². The second-order valence-corrected chi connectivity index (χ2v) is 7.39. The predicted octanol–water partition coefficient (Wildman–Crippen LogP) is 3.12. The third kappa shape index (κ3) is 4.01. The number of rotatable bonds is 6. The molecular formula is C20H29N3O3. The molecule has 1 aromatic carbocycles. The molecule has 1 saturated heterocycles. The van der Waals surface area contributed by atoms with Crippen molar-refractivity contribution in [2.75, 3.05) is 20.3 Å². The summed E-state index contributed by atoms with van der Waals surface area (Å²) in [6, 6.07) is 7.66. The summed E-state index contributed by atoms with van der Waals surface area (Å²) >= 11 is 0. The Morgan fingerprint density at radius 2 is 1.77 bits per heavy atom. The summed E-state index contributed by atoms with van der Waals surface area (Å²) < 4.78 is 5.46. The van der Waals surface area contributed by atoms with Gasteiger partial charge >= 0.3 is 6.03 Å². The summed E-state index contributed by atoms with van der Waals surface area (Å²) in [5.41, 5.74) is 0.459. The molecule has 1 spiro atoms. The summed E-state index contributed by atoms with van der Waals surface area (Å²) in [7, 11) is 1.93. The minimum absolute atomic E-state index is 0.0528. The monoisotopic (exact) mass is 359 g/mol. The molecule has 1 aromatic rings. The molecule has 6 nitrogen and oxygen atoms in total. The number of benzene rings is 1. The Balaban J connectivity index is 1.60. The number of ether oxygens (including phenoxy) is 1. The summed E-state index contributed by atoms with van der Waals surface area (Å²) in [5, 5.41) is 2.99. The highest BCUT2D eigenvalue weighted by Gasteiger charge is 2.50. The van der Waals surface area contributed by atoms with Crippen LogP contribution in [0.3, 0.4) is 0 Å². The van der Waals surface area contributed by atoms with E-state index in [1.807, 2.05) is 43.1 Å². The molecule has 3 rings (SSSR count). The van der Waals surface area contributed by atoms with Crippen molar-refractivity contribution in [3.05, 3.63) is 29.8 Å². The number of nitrogens with zero attached hydrogens (tertiary/aromatic N) is 2. The predicted molar refractivity (Wildman–Crippen MR) is 99.8 cm³/mol. The van der Waals surface area contributed by atoms with Crippen molar-refractivity contribution in [2.45, 2.75) is 57.5 Å². The average Bonchev–Trinajstić information content (AvgIpc) is 2.79. The van der Waals surface area contributed by atoms with Gasteiger partial charge in [-0.25, -0.2) is 9.69 Å². The second kappa shape index (κ2) is 8.08. The van der Waals surface area contributed by atoms with Gasteiger partial charge in [0.1, 0.15) is 11.3 Å². The lowest BCUT2D eigenvalue weighted by atomic mass is 9.90. The van der Waals surface area contributed by atoms with E-state index in [2.05, 4.69) is 5.32 Å². The molecule has 0 radical (unpaired) electrons. The number of urea groups is 1. The highest BCUT2D eigenvalue weighted by atomic mass is 16.5. The van der Waals surface area contributed by atoms with Crippen LogP contribution in [0.4, 0.5) is 4.79 Å². The van der Waals surface area contributed by atoms with Gasteiger partial charge in [0, 0.05) is 6.54 Å². The molecule has 6 heteroatoms. The van der Waals surface area contributed by atoms with E-state index in [1.54, 1.807) is 0 Å². The topological polar surface area (TPSA) is 61.9 Å². The van der Waals surface area contributed by atoms with Gasteiger partial charge in [-0.2, -0.15) is 0 Å². The Morgan fingerprint density at radius 1 is 1.12 bits per heavy atom. The quantitative estimate of drug-likeness (QED) is 0.793. The normalized spacial score (nSPS) is 19.7. The zero-order valence-corrected chi connectivity index (χ0v) is 15.8. The minimum Gasteiger partial charge on any atom is -0.494 e. The summed E-state index contributed by atoms with van der Waals surface area (Å²) in [6.07, 6.45) is 5.81. The van der Waals surface area contributed by atoms with Crippen molar-refractivity contribution < 1.29 is 14.3 Å². The van der Waals surface area contributed by atoms with Crippen LogP contribution in [-0.2, 0) is 11.3 Å². The smallest absolute Gasteiger partial charge is 0.326 e. The van der Waals surface area contributed by atoms with Gasteiger partial charge in [-0.3, -0.25) is 9.69 Å². The maximum atomic E-state index is 12.9. The molecule has 1 N–H and O–H groups in total. The molecule has 26 heavy (non-hydrogen) atoms. The van der Waals surface area contributed by atoms with E-state index < -0.39 is 5.54 Å². The van der Waals surface area contributed by atoms with E-state index in [-0.39, 0.29) is 11.9 Å². The fourth-order valence-corrected chi connectivity index (χ4v) is 3.94. The molecule has 0 unspecified atom stereocenters. The first-order valence-corrected chi connectivity index (χ1v) is 9.58. The van der Waals surface area contributed by atoms with Crippen molar-refractivity contribution in [1.82, 2.24) is 15.1 Å². The molecule has 0 bridgehead atoms. The Hall–Kier alpha value is -2.08. The first kappa shape index (κ1) is 18.7. The maximum absolute atomic E-state index is 12.9. The van der Waals surface area contributed by atoms with Gasteiger partial charge in [-0.05, 0) is 44.5 Å². The first-order chi connectivity index (χ1) is 12.5. The van der Waals surface area contributed by atoms with Gasteiger partial charge in [-0.1, -0.05) is 37.8 Å². The zero-order chi connectivity index (χ0) is 18.6. The Kier molecular flexibility index (Phi) is 5.81. The van der Waals surface area contributed by atoms with Crippen LogP contribution in [0.2, 0.25) is 0 Å². The third-order valence-corrected chi connectivity index (χ3v) is 5.27. The van der Waals surface area contributed by atoms with Crippen LogP contribution in [0.5, 0.6) is 5.75 Å². The number of amides is 3. The molecule has 3 amide bonds. The van der Waals surface area contributed by atoms with Crippen molar-refractivity contribution in [3.63, 3.8) is 0 Å². The van der Waals surface area contributed by atoms with Crippen LogP contribution < -0.4 is 10.1 Å². The molecule has 2 fully saturated rings. The molecular weight excluding hydrogens is 330 g/mol. The average molecular weight is 359 g/mol. The highest BCUT2D eigenvalue weighted by molar-refractivity contribution is 6.07. The van der Waals surface area contributed by atoms with E-state index in [0.29, 0.717) is 19.8 Å². The number of hydrogen-bond donors (Lipinski definition) is 1. The van der Waals surface area contributed by atoms with Gasteiger partial charge in [0.25, 0.3) is 5.91 Å². The van der Waals surface area contributed by atoms with Gasteiger partial charge in [0.2, 0.25) is 0 Å². The van der Waals surface area contributed by atoms with E-state index >= 15 is 0 Å². The fourth-order valence-electron chi connectivity index (χ4n) is 3.94. The molecule has 142 valence electrons. The largest absolute Gasteiger partial charge is 0.494 e. The molecule has 0 aromatic heterocycles. The molecule has 1 aliphatic carbocycles. The lowest BCUT2D eigenvalue weighted by Crippen LogP contribution is -2.47. The fraction of sp³-hybridized carbons (Fsp3) is 0.600. The van der Waals surface area contributed by atoms with E-state index in [0.717, 1.165) is 49.8 Å². The van der Waals surface area contributed by atoms with Crippen LogP contribution >= 0.6 is 0 Å². The standard InChI is InChI=1S/C20H29N3O3/c1-3-26-17-10-8-16(9-11-17)14-22(2)15-23-18(24)20(21-19(23)25)12-6-4-5-7-13-20/h8-11H,3-7,12-15H2,1-2H3,(H,21,25). The number of carbonyl (C=O) groups excluding carboxylic acids is 2. The number of nitrogens with one attached hydrogen (secondary N) is 1. The Bertz CT molecular complexity index is 636. The molecule has 1 heterocycles. The lowest BCUT2D eigenvalue weighted by Gasteiger charge is -2.26.